The molecule has 1 N–H and O–H groups in total. The molecule has 0 spiro atoms. The Morgan fingerprint density at radius 3 is 2.75 bits per heavy atom. The lowest BCUT2D eigenvalue weighted by Crippen LogP contribution is -2.41. The number of nitrogens with one attached hydrogen (secondary N) is 1. The zero-order valence-electron chi connectivity index (χ0n) is 14.6. The molecule has 3 nitrogen and oxygen atoms in total. The van der Waals surface area contributed by atoms with Crippen molar-refractivity contribution in [3.05, 3.63) is 59.2 Å². The zero-order chi connectivity index (χ0) is 17.3. The van der Waals surface area contributed by atoms with Gasteiger partial charge in [0.25, 0.3) is 5.91 Å². The molecule has 24 heavy (non-hydrogen) atoms. The van der Waals surface area contributed by atoms with Gasteiger partial charge in [-0.1, -0.05) is 29.8 Å². The minimum Gasteiger partial charge on any atom is -0.487 e. The summed E-state index contributed by atoms with van der Waals surface area (Å²) in [5, 5.41) is 3.22. The molecule has 1 aliphatic rings. The molecule has 0 aromatic heterocycles. The fourth-order valence-corrected chi connectivity index (χ4v) is 3.77. The van der Waals surface area contributed by atoms with Crippen LogP contribution in [0.25, 0.3) is 0 Å². The summed E-state index contributed by atoms with van der Waals surface area (Å²) in [6.45, 7) is 6.18. The summed E-state index contributed by atoms with van der Waals surface area (Å²) in [5.41, 5.74) is 2.65. The van der Waals surface area contributed by atoms with E-state index in [4.69, 9.17) is 4.74 Å². The molecule has 0 saturated heterocycles. The summed E-state index contributed by atoms with van der Waals surface area (Å²) in [5.74, 6) is 0.829. The molecule has 1 aliphatic heterocycles. The van der Waals surface area contributed by atoms with E-state index in [0.29, 0.717) is 0 Å². The molecule has 0 fully saturated rings. The van der Waals surface area contributed by atoms with Gasteiger partial charge in [-0.2, -0.15) is 0 Å². The Morgan fingerprint density at radius 1 is 1.25 bits per heavy atom. The molecule has 1 atom stereocenters. The average Bonchev–Trinajstić information content (AvgIpc) is 2.54. The van der Waals surface area contributed by atoms with Crippen molar-refractivity contribution in [2.75, 3.05) is 6.26 Å². The summed E-state index contributed by atoms with van der Waals surface area (Å²) >= 11 is 1.59. The van der Waals surface area contributed by atoms with Gasteiger partial charge in [0.15, 0.2) is 0 Å². The molecule has 0 saturated carbocycles. The maximum absolute atomic E-state index is 12.8. The molecule has 0 bridgehead atoms. The van der Waals surface area contributed by atoms with Crippen LogP contribution in [-0.2, 0) is 0 Å². The lowest BCUT2D eigenvalue weighted by Gasteiger charge is -2.38. The van der Waals surface area contributed by atoms with Crippen molar-refractivity contribution >= 4 is 17.7 Å². The summed E-state index contributed by atoms with van der Waals surface area (Å²) in [4.78, 5) is 13.8. The number of aryl methyl sites for hydroxylation is 1. The van der Waals surface area contributed by atoms with Gasteiger partial charge in [-0.15, -0.1) is 11.8 Å². The lowest BCUT2D eigenvalue weighted by atomic mass is 9.88. The van der Waals surface area contributed by atoms with Gasteiger partial charge < -0.3 is 10.1 Å². The number of benzene rings is 2. The fourth-order valence-electron chi connectivity index (χ4n) is 3.17. The predicted molar refractivity (Wildman–Crippen MR) is 98.9 cm³/mol. The standard InChI is InChI=1S/C20H23NO2S/c1-13-9-10-17-15(11-13)16(12-20(2,3)23-17)21-19(22)14-7-5-6-8-18(14)24-4/h5-11,16H,12H2,1-4H3,(H,21,22)/t16-/m1/s1. The van der Waals surface area contributed by atoms with Crippen LogP contribution in [0.1, 0.15) is 47.8 Å². The summed E-state index contributed by atoms with van der Waals surface area (Å²) in [6.07, 6.45) is 2.74. The van der Waals surface area contributed by atoms with E-state index >= 15 is 0 Å². The van der Waals surface area contributed by atoms with Gasteiger partial charge in [0.05, 0.1) is 11.6 Å². The van der Waals surface area contributed by atoms with E-state index in [1.807, 2.05) is 42.7 Å². The maximum atomic E-state index is 12.8. The molecule has 126 valence electrons. The SMILES string of the molecule is CSc1ccccc1C(=O)N[C@@H]1CC(C)(C)Oc2ccc(C)cc21. The monoisotopic (exact) mass is 341 g/mol. The van der Waals surface area contributed by atoms with E-state index in [-0.39, 0.29) is 17.6 Å². The number of carbonyl (C=O) groups excluding carboxylic acids is 1. The van der Waals surface area contributed by atoms with Crippen molar-refractivity contribution in [1.29, 1.82) is 0 Å². The van der Waals surface area contributed by atoms with Crippen LogP contribution in [-0.4, -0.2) is 17.8 Å². The van der Waals surface area contributed by atoms with Gasteiger partial charge in [-0.05, 0) is 45.2 Å². The predicted octanol–water partition coefficient (Wildman–Crippen LogP) is 4.75. The smallest absolute Gasteiger partial charge is 0.252 e. The number of hydrogen-bond acceptors (Lipinski definition) is 3. The second-order valence-corrected chi connectivity index (χ2v) is 7.68. The Bertz CT molecular complexity index is 770. The van der Waals surface area contributed by atoms with Crippen LogP contribution in [0.3, 0.4) is 0 Å². The average molecular weight is 341 g/mol. The second-order valence-electron chi connectivity index (χ2n) is 6.83. The van der Waals surface area contributed by atoms with Crippen molar-refractivity contribution in [3.63, 3.8) is 0 Å². The highest BCUT2D eigenvalue weighted by Crippen LogP contribution is 2.40. The van der Waals surface area contributed by atoms with Crippen LogP contribution in [0.15, 0.2) is 47.4 Å². The minimum absolute atomic E-state index is 0.0323. The summed E-state index contributed by atoms with van der Waals surface area (Å²) in [6, 6.07) is 13.8. The summed E-state index contributed by atoms with van der Waals surface area (Å²) < 4.78 is 6.08. The quantitative estimate of drug-likeness (QED) is 0.819. The van der Waals surface area contributed by atoms with Crippen LogP contribution in [0.2, 0.25) is 0 Å². The van der Waals surface area contributed by atoms with E-state index in [1.165, 1.54) is 5.56 Å². The molecule has 3 rings (SSSR count). The Balaban J connectivity index is 1.92. The van der Waals surface area contributed by atoms with Crippen molar-refractivity contribution in [2.45, 2.75) is 43.7 Å². The van der Waals surface area contributed by atoms with Gasteiger partial charge in [0, 0.05) is 16.9 Å². The first-order valence-corrected chi connectivity index (χ1v) is 9.35. The topological polar surface area (TPSA) is 38.3 Å². The fraction of sp³-hybridized carbons (Fsp3) is 0.350. The van der Waals surface area contributed by atoms with E-state index in [1.54, 1.807) is 11.8 Å². The van der Waals surface area contributed by atoms with Crippen molar-refractivity contribution in [3.8, 4) is 5.75 Å². The zero-order valence-corrected chi connectivity index (χ0v) is 15.4. The molecular weight excluding hydrogens is 318 g/mol. The Labute approximate surface area is 147 Å². The third-order valence-electron chi connectivity index (χ3n) is 4.28. The first-order valence-electron chi connectivity index (χ1n) is 8.13. The molecule has 1 heterocycles. The number of amides is 1. The number of carbonyl (C=O) groups is 1. The van der Waals surface area contributed by atoms with Crippen LogP contribution in [0, 0.1) is 6.92 Å². The Hall–Kier alpha value is -1.94. The van der Waals surface area contributed by atoms with E-state index < -0.39 is 0 Å². The highest BCUT2D eigenvalue weighted by Gasteiger charge is 2.34. The third-order valence-corrected chi connectivity index (χ3v) is 5.08. The second kappa shape index (κ2) is 6.52. The number of rotatable bonds is 3. The van der Waals surface area contributed by atoms with Gasteiger partial charge in [-0.3, -0.25) is 4.79 Å². The maximum Gasteiger partial charge on any atom is 0.252 e. The molecule has 0 radical (unpaired) electrons. The Kier molecular flexibility index (Phi) is 4.59. The van der Waals surface area contributed by atoms with Gasteiger partial charge >= 0.3 is 0 Å². The molecule has 2 aromatic rings. The Morgan fingerprint density at radius 2 is 2.00 bits per heavy atom. The van der Waals surface area contributed by atoms with Gasteiger partial charge in [0.2, 0.25) is 0 Å². The van der Waals surface area contributed by atoms with Crippen LogP contribution >= 0.6 is 11.8 Å². The van der Waals surface area contributed by atoms with Crippen molar-refractivity contribution < 1.29 is 9.53 Å². The van der Waals surface area contributed by atoms with Crippen molar-refractivity contribution in [2.24, 2.45) is 0 Å². The summed E-state index contributed by atoms with van der Waals surface area (Å²) in [7, 11) is 0. The number of thioether (sulfide) groups is 1. The van der Waals surface area contributed by atoms with Crippen LogP contribution in [0.4, 0.5) is 0 Å². The van der Waals surface area contributed by atoms with Crippen LogP contribution < -0.4 is 10.1 Å². The molecule has 2 aromatic carbocycles. The minimum atomic E-state index is -0.306. The highest BCUT2D eigenvalue weighted by molar-refractivity contribution is 7.98. The first-order chi connectivity index (χ1) is 11.4. The largest absolute Gasteiger partial charge is 0.487 e. The van der Waals surface area contributed by atoms with Gasteiger partial charge in [0.1, 0.15) is 11.4 Å². The van der Waals surface area contributed by atoms with Crippen LogP contribution in [0.5, 0.6) is 5.75 Å². The third kappa shape index (κ3) is 3.44. The highest BCUT2D eigenvalue weighted by atomic mass is 32.2. The normalized spacial score (nSPS) is 18.4. The number of ether oxygens (including phenoxy) is 1. The van der Waals surface area contributed by atoms with E-state index in [2.05, 4.69) is 32.2 Å². The molecule has 0 aliphatic carbocycles. The number of hydrogen-bond donors (Lipinski definition) is 1. The molecule has 1 amide bonds. The lowest BCUT2D eigenvalue weighted by molar-refractivity contribution is 0.0618. The molecule has 4 heteroatoms. The van der Waals surface area contributed by atoms with Gasteiger partial charge in [-0.25, -0.2) is 0 Å². The van der Waals surface area contributed by atoms with Crippen molar-refractivity contribution in [1.82, 2.24) is 5.32 Å². The van der Waals surface area contributed by atoms with E-state index in [9.17, 15) is 4.79 Å². The van der Waals surface area contributed by atoms with E-state index in [0.717, 1.165) is 28.2 Å². The first kappa shape index (κ1) is 16.9. The molecular formula is C20H23NO2S. The number of fused-ring (bicyclic) bond motifs is 1. The molecule has 0 unspecified atom stereocenters.